The van der Waals surface area contributed by atoms with Crippen LogP contribution in [0.1, 0.15) is 79.8 Å². The number of nitrogens with one attached hydrogen (secondary N) is 2. The van der Waals surface area contributed by atoms with Crippen LogP contribution in [0.2, 0.25) is 0 Å². The molecule has 1 aliphatic heterocycles. The molecule has 2 heterocycles. The lowest BCUT2D eigenvalue weighted by atomic mass is 9.89. The molecule has 0 saturated carbocycles. The standard InChI is InChI=1S/C42H68N6O6/c1-13-28(6)38(47(10)42(52)36(26(2)3)45-41(51)37(27(4)5)46(8)9)34(53-11)25-35(49)48-24-16-19-33(48)39(54-12)29(7)40(50)43-23-22-31-21-20-30-17-14-15-18-32(30)44-31/h14-15,17-18,20-21,26-29,33-34,36-39H,13,16,19,22-25H2,1-12H3,(H,43,50)(H,45,51)/t28-,29+,33-,34+,36-,37-,38?,39+/m0/s1. The van der Waals surface area contributed by atoms with Gasteiger partial charge in [-0.05, 0) is 56.8 Å². The maximum absolute atomic E-state index is 14.2. The summed E-state index contributed by atoms with van der Waals surface area (Å²) in [5.41, 5.74) is 1.83. The van der Waals surface area contributed by atoms with Crippen molar-refractivity contribution in [3.05, 3.63) is 42.1 Å². The molecule has 1 fully saturated rings. The average Bonchev–Trinajstić information content (AvgIpc) is 3.62. The topological polar surface area (TPSA) is 133 Å². The van der Waals surface area contributed by atoms with E-state index in [1.165, 1.54) is 0 Å². The maximum atomic E-state index is 14.2. The van der Waals surface area contributed by atoms with E-state index in [1.807, 2.05) is 94.9 Å². The Bertz CT molecular complexity index is 1530. The van der Waals surface area contributed by atoms with Crippen LogP contribution >= 0.6 is 0 Å². The van der Waals surface area contributed by atoms with Gasteiger partial charge >= 0.3 is 0 Å². The largest absolute Gasteiger partial charge is 0.379 e. The second-order valence-electron chi connectivity index (χ2n) is 16.0. The number of methoxy groups -OCH3 is 2. The fourth-order valence-electron chi connectivity index (χ4n) is 8.13. The number of rotatable bonds is 20. The zero-order valence-electron chi connectivity index (χ0n) is 34.9. The van der Waals surface area contributed by atoms with Crippen molar-refractivity contribution in [1.29, 1.82) is 0 Å². The summed E-state index contributed by atoms with van der Waals surface area (Å²) in [5.74, 6) is -1.24. The summed E-state index contributed by atoms with van der Waals surface area (Å²) >= 11 is 0. The number of hydrogen-bond acceptors (Lipinski definition) is 8. The van der Waals surface area contributed by atoms with E-state index in [9.17, 15) is 19.2 Å². The van der Waals surface area contributed by atoms with Crippen LogP contribution in [-0.2, 0) is 35.1 Å². The lowest BCUT2D eigenvalue weighted by molar-refractivity contribution is -0.148. The Morgan fingerprint density at radius 1 is 0.926 bits per heavy atom. The highest BCUT2D eigenvalue weighted by atomic mass is 16.5. The minimum absolute atomic E-state index is 0.0000239. The summed E-state index contributed by atoms with van der Waals surface area (Å²) in [5, 5.41) is 7.18. The number of likely N-dealkylation sites (tertiary alicyclic amines) is 1. The molecular formula is C42H68N6O6. The second kappa shape index (κ2) is 20.9. The summed E-state index contributed by atoms with van der Waals surface area (Å²) in [6, 6.07) is 10.1. The van der Waals surface area contributed by atoms with Crippen molar-refractivity contribution in [3.63, 3.8) is 0 Å². The summed E-state index contributed by atoms with van der Waals surface area (Å²) in [7, 11) is 8.65. The third-order valence-electron chi connectivity index (χ3n) is 11.3. The number of likely N-dealkylation sites (N-methyl/N-ethyl adjacent to an activating group) is 2. The molecule has 8 atom stereocenters. The first-order valence-corrected chi connectivity index (χ1v) is 19.8. The highest BCUT2D eigenvalue weighted by molar-refractivity contribution is 5.90. The molecule has 0 aliphatic carbocycles. The number of ether oxygens (including phenoxy) is 2. The molecule has 1 saturated heterocycles. The van der Waals surface area contributed by atoms with Crippen LogP contribution in [0.3, 0.4) is 0 Å². The first-order chi connectivity index (χ1) is 25.6. The number of fused-ring (bicyclic) bond motifs is 1. The molecule has 1 unspecified atom stereocenters. The molecule has 4 amide bonds. The minimum atomic E-state index is -0.745. The van der Waals surface area contributed by atoms with E-state index in [0.29, 0.717) is 25.9 Å². The van der Waals surface area contributed by atoms with Gasteiger partial charge in [0.15, 0.2) is 0 Å². The number of amides is 4. The molecule has 1 aliphatic rings. The Balaban J connectivity index is 1.71. The Morgan fingerprint density at radius 2 is 1.61 bits per heavy atom. The van der Waals surface area contributed by atoms with Gasteiger partial charge in [0.05, 0.1) is 48.2 Å². The second-order valence-corrected chi connectivity index (χ2v) is 16.0. The fourth-order valence-corrected chi connectivity index (χ4v) is 8.13. The number of pyridine rings is 1. The van der Waals surface area contributed by atoms with Gasteiger partial charge in [-0.15, -0.1) is 0 Å². The molecule has 3 rings (SSSR count). The van der Waals surface area contributed by atoms with E-state index >= 15 is 0 Å². The number of carbonyl (C=O) groups excluding carboxylic acids is 4. The molecule has 0 bridgehead atoms. The first kappa shape index (κ1) is 44.8. The van der Waals surface area contributed by atoms with Crippen molar-refractivity contribution in [1.82, 2.24) is 30.3 Å². The molecule has 0 spiro atoms. The van der Waals surface area contributed by atoms with Crippen molar-refractivity contribution >= 4 is 34.5 Å². The van der Waals surface area contributed by atoms with Crippen molar-refractivity contribution in [2.75, 3.05) is 48.5 Å². The molecule has 302 valence electrons. The smallest absolute Gasteiger partial charge is 0.245 e. The van der Waals surface area contributed by atoms with Gasteiger partial charge in [0, 0.05) is 51.9 Å². The zero-order chi connectivity index (χ0) is 40.3. The number of hydrogen-bond donors (Lipinski definition) is 2. The van der Waals surface area contributed by atoms with Crippen molar-refractivity contribution in [2.45, 2.75) is 117 Å². The van der Waals surface area contributed by atoms with Crippen LogP contribution < -0.4 is 10.6 Å². The lowest BCUT2D eigenvalue weighted by Crippen LogP contribution is -2.59. The van der Waals surface area contributed by atoms with E-state index < -0.39 is 30.2 Å². The first-order valence-electron chi connectivity index (χ1n) is 19.8. The highest BCUT2D eigenvalue weighted by Gasteiger charge is 2.43. The molecule has 12 heteroatoms. The van der Waals surface area contributed by atoms with Crippen LogP contribution in [0.15, 0.2) is 36.4 Å². The van der Waals surface area contributed by atoms with Crippen LogP contribution in [0, 0.1) is 23.7 Å². The average molecular weight is 753 g/mol. The Hall–Kier alpha value is -3.61. The van der Waals surface area contributed by atoms with Gasteiger partial charge in [-0.2, -0.15) is 0 Å². The number of benzene rings is 1. The van der Waals surface area contributed by atoms with Gasteiger partial charge in [-0.3, -0.25) is 29.1 Å². The Morgan fingerprint density at radius 3 is 2.20 bits per heavy atom. The van der Waals surface area contributed by atoms with Gasteiger partial charge in [-0.25, -0.2) is 0 Å². The van der Waals surface area contributed by atoms with E-state index in [2.05, 4.69) is 24.5 Å². The van der Waals surface area contributed by atoms with Crippen LogP contribution in [0.5, 0.6) is 0 Å². The van der Waals surface area contributed by atoms with Crippen LogP contribution in [0.4, 0.5) is 0 Å². The molecule has 2 N–H and O–H groups in total. The predicted octanol–water partition coefficient (Wildman–Crippen LogP) is 4.54. The predicted molar refractivity (Wildman–Crippen MR) is 214 cm³/mol. The third kappa shape index (κ3) is 11.2. The van der Waals surface area contributed by atoms with E-state index in [4.69, 9.17) is 14.5 Å². The summed E-state index contributed by atoms with van der Waals surface area (Å²) in [6.45, 7) is 14.8. The molecule has 12 nitrogen and oxygen atoms in total. The van der Waals surface area contributed by atoms with Gasteiger partial charge in [-0.1, -0.05) is 79.2 Å². The molecular weight excluding hydrogens is 684 g/mol. The number of carbonyl (C=O) groups is 4. The fraction of sp³-hybridized carbons (Fsp3) is 0.690. The number of nitrogens with zero attached hydrogens (tertiary/aromatic N) is 4. The molecule has 2 aromatic rings. The summed E-state index contributed by atoms with van der Waals surface area (Å²) in [4.78, 5) is 65.3. The lowest BCUT2D eigenvalue weighted by Gasteiger charge is -2.41. The van der Waals surface area contributed by atoms with Gasteiger partial charge < -0.3 is 29.9 Å². The number of para-hydroxylation sites is 1. The quantitative estimate of drug-likeness (QED) is 0.202. The van der Waals surface area contributed by atoms with E-state index in [-0.39, 0.29) is 59.9 Å². The Kier molecular flexibility index (Phi) is 17.3. The van der Waals surface area contributed by atoms with E-state index in [1.54, 1.807) is 26.2 Å². The monoisotopic (exact) mass is 753 g/mol. The molecule has 1 aromatic heterocycles. The molecule has 1 aromatic carbocycles. The van der Waals surface area contributed by atoms with Crippen molar-refractivity contribution in [3.8, 4) is 0 Å². The third-order valence-corrected chi connectivity index (χ3v) is 11.3. The van der Waals surface area contributed by atoms with E-state index in [0.717, 1.165) is 29.4 Å². The summed E-state index contributed by atoms with van der Waals surface area (Å²) in [6.07, 6.45) is 1.83. The van der Waals surface area contributed by atoms with Gasteiger partial charge in [0.2, 0.25) is 23.6 Å². The van der Waals surface area contributed by atoms with Gasteiger partial charge in [0.1, 0.15) is 6.04 Å². The van der Waals surface area contributed by atoms with Crippen molar-refractivity contribution < 1.29 is 28.7 Å². The maximum Gasteiger partial charge on any atom is 0.245 e. The zero-order valence-corrected chi connectivity index (χ0v) is 34.9. The van der Waals surface area contributed by atoms with Crippen LogP contribution in [0.25, 0.3) is 10.9 Å². The highest BCUT2D eigenvalue weighted by Crippen LogP contribution is 2.29. The number of aromatic nitrogens is 1. The minimum Gasteiger partial charge on any atom is -0.379 e. The van der Waals surface area contributed by atoms with Gasteiger partial charge in [0.25, 0.3) is 0 Å². The SMILES string of the molecule is CC[C@H](C)C([C@@H](CC(=O)N1CCC[C@H]1[C@H](OC)[C@@H](C)C(=O)NCCc1ccc2ccccc2n1)OC)N(C)C(=O)[C@@H](NC(=O)[C@H](C(C)C)N(C)C)C(C)C. The van der Waals surface area contributed by atoms with Crippen molar-refractivity contribution in [2.24, 2.45) is 23.7 Å². The molecule has 54 heavy (non-hydrogen) atoms. The van der Waals surface area contributed by atoms with Crippen LogP contribution in [-0.4, -0.2) is 128 Å². The summed E-state index contributed by atoms with van der Waals surface area (Å²) < 4.78 is 12.0. The Labute approximate surface area is 324 Å². The molecule has 0 radical (unpaired) electrons. The normalized spacial score (nSPS) is 18.6.